The van der Waals surface area contributed by atoms with Gasteiger partial charge < -0.3 is 20.0 Å². The van der Waals surface area contributed by atoms with Gasteiger partial charge in [0.1, 0.15) is 18.5 Å². The Bertz CT molecular complexity index is 983. The van der Waals surface area contributed by atoms with Crippen LogP contribution in [0.25, 0.3) is 0 Å². The Balaban J connectivity index is 1.77. The lowest BCUT2D eigenvalue weighted by atomic mass is 9.97. The van der Waals surface area contributed by atoms with E-state index in [2.05, 4.69) is 0 Å². The van der Waals surface area contributed by atoms with E-state index in [4.69, 9.17) is 0 Å². The zero-order valence-electron chi connectivity index (χ0n) is 19.6. The molecule has 2 rings (SSSR count). The van der Waals surface area contributed by atoms with Crippen LogP contribution in [-0.2, 0) is 28.8 Å². The summed E-state index contributed by atoms with van der Waals surface area (Å²) in [6.45, 7) is 2.46. The number of amides is 2. The van der Waals surface area contributed by atoms with Gasteiger partial charge in [0.2, 0.25) is 0 Å². The zero-order valence-corrected chi connectivity index (χ0v) is 19.6. The minimum Gasteiger partial charge on any atom is -0.383 e. The standard InChI is InChI=1S/C25H30N2O8/c1-17(15-19(29)3-2-14-28)4-7-22(32)24(34)26-10-12-27(13-11-26)25(35)23(33)8-5-18-16-20(30)6-9-21(18)31/h2-3,6,9,14-16,22-23,32-33H,4-5,7-8,10-13H2,1H3/b3-2-,17-15+. The largest absolute Gasteiger partial charge is 0.383 e. The third-order valence-electron chi connectivity index (χ3n) is 5.73. The molecule has 2 aliphatic rings. The van der Waals surface area contributed by atoms with Gasteiger partial charge in [0.15, 0.2) is 17.3 Å². The van der Waals surface area contributed by atoms with Crippen LogP contribution < -0.4 is 0 Å². The van der Waals surface area contributed by atoms with Crippen LogP contribution in [0.15, 0.2) is 47.6 Å². The first kappa shape index (κ1) is 27.7. The van der Waals surface area contributed by atoms with Crippen molar-refractivity contribution in [3.63, 3.8) is 0 Å². The third kappa shape index (κ3) is 8.66. The monoisotopic (exact) mass is 486 g/mol. The molecule has 10 nitrogen and oxygen atoms in total. The molecule has 0 saturated carbocycles. The van der Waals surface area contributed by atoms with Crippen LogP contribution in [0.3, 0.4) is 0 Å². The van der Waals surface area contributed by atoms with E-state index in [1.165, 1.54) is 34.1 Å². The number of carbonyl (C=O) groups excluding carboxylic acids is 6. The van der Waals surface area contributed by atoms with Crippen molar-refractivity contribution in [1.29, 1.82) is 0 Å². The molecule has 0 aromatic rings. The fourth-order valence-electron chi connectivity index (χ4n) is 3.72. The number of aliphatic hydroxyl groups is 2. The van der Waals surface area contributed by atoms with Gasteiger partial charge in [-0.1, -0.05) is 5.57 Å². The summed E-state index contributed by atoms with van der Waals surface area (Å²) in [5, 5.41) is 20.5. The Labute approximate surface area is 203 Å². The molecular weight excluding hydrogens is 456 g/mol. The topological polar surface area (TPSA) is 149 Å². The van der Waals surface area contributed by atoms with Crippen LogP contribution in [0, 0.1) is 0 Å². The lowest BCUT2D eigenvalue weighted by Crippen LogP contribution is -2.54. The first-order valence-corrected chi connectivity index (χ1v) is 11.4. The van der Waals surface area contributed by atoms with Gasteiger partial charge in [-0.05, 0) is 69.1 Å². The highest BCUT2D eigenvalue weighted by molar-refractivity contribution is 6.17. The smallest absolute Gasteiger partial charge is 0.251 e. The van der Waals surface area contributed by atoms with Crippen LogP contribution in [0.2, 0.25) is 0 Å². The second-order valence-electron chi connectivity index (χ2n) is 8.42. The molecule has 1 heterocycles. The molecular formula is C25H30N2O8. The highest BCUT2D eigenvalue weighted by Crippen LogP contribution is 2.16. The molecule has 2 N–H and O–H groups in total. The van der Waals surface area contributed by atoms with Gasteiger partial charge in [-0.15, -0.1) is 0 Å². The predicted molar refractivity (Wildman–Crippen MR) is 125 cm³/mol. The van der Waals surface area contributed by atoms with E-state index in [0.717, 1.165) is 12.2 Å². The molecule has 1 aliphatic carbocycles. The van der Waals surface area contributed by atoms with E-state index >= 15 is 0 Å². The maximum Gasteiger partial charge on any atom is 0.251 e. The van der Waals surface area contributed by atoms with Crippen LogP contribution in [-0.4, -0.2) is 93.9 Å². The highest BCUT2D eigenvalue weighted by atomic mass is 16.3. The Morgan fingerprint density at radius 3 is 2.11 bits per heavy atom. The van der Waals surface area contributed by atoms with E-state index in [1.807, 2.05) is 0 Å². The molecule has 188 valence electrons. The lowest BCUT2D eigenvalue weighted by molar-refractivity contribution is -0.149. The van der Waals surface area contributed by atoms with E-state index in [-0.39, 0.29) is 68.4 Å². The summed E-state index contributed by atoms with van der Waals surface area (Å²) < 4.78 is 0. The molecule has 1 aliphatic heterocycles. The van der Waals surface area contributed by atoms with Gasteiger partial charge in [0.05, 0.1) is 0 Å². The molecule has 0 aromatic carbocycles. The average molecular weight is 487 g/mol. The Hall–Kier alpha value is -3.50. The molecule has 0 bridgehead atoms. The Morgan fingerprint density at radius 2 is 1.54 bits per heavy atom. The quantitative estimate of drug-likeness (QED) is 0.233. The first-order chi connectivity index (χ1) is 16.6. The molecule has 1 saturated heterocycles. The van der Waals surface area contributed by atoms with Gasteiger partial charge in [-0.3, -0.25) is 28.8 Å². The predicted octanol–water partition coefficient (Wildman–Crippen LogP) is -0.156. The molecule has 0 radical (unpaired) electrons. The second kappa shape index (κ2) is 13.4. The Morgan fingerprint density at radius 1 is 0.971 bits per heavy atom. The van der Waals surface area contributed by atoms with Crippen molar-refractivity contribution in [2.24, 2.45) is 0 Å². The maximum atomic E-state index is 12.5. The number of rotatable bonds is 11. The van der Waals surface area contributed by atoms with Crippen molar-refractivity contribution >= 4 is 35.5 Å². The van der Waals surface area contributed by atoms with Gasteiger partial charge in [0.25, 0.3) is 11.8 Å². The number of ketones is 3. The van der Waals surface area contributed by atoms with Crippen molar-refractivity contribution in [3.8, 4) is 0 Å². The van der Waals surface area contributed by atoms with Crippen molar-refractivity contribution < 1.29 is 39.0 Å². The summed E-state index contributed by atoms with van der Waals surface area (Å²) in [6, 6.07) is 0. The van der Waals surface area contributed by atoms with Crippen LogP contribution in [0.5, 0.6) is 0 Å². The molecule has 10 heteroatoms. The van der Waals surface area contributed by atoms with Crippen LogP contribution >= 0.6 is 0 Å². The summed E-state index contributed by atoms with van der Waals surface area (Å²) in [5.74, 6) is -1.97. The van der Waals surface area contributed by atoms with Gasteiger partial charge in [0, 0.05) is 31.8 Å². The van der Waals surface area contributed by atoms with Crippen molar-refractivity contribution in [2.75, 3.05) is 26.2 Å². The number of piperazine rings is 1. The minimum absolute atomic E-state index is 0.00427. The van der Waals surface area contributed by atoms with E-state index in [0.29, 0.717) is 18.3 Å². The first-order valence-electron chi connectivity index (χ1n) is 11.4. The van der Waals surface area contributed by atoms with Crippen molar-refractivity contribution in [2.45, 2.75) is 44.8 Å². The van der Waals surface area contributed by atoms with Gasteiger partial charge >= 0.3 is 0 Å². The SMILES string of the molecule is C/C(=C\C(=O)/C=C\C=O)CCC(O)C(=O)N1CCN(C(=O)C(O)CCC2=CC(=O)C=CC2=O)CC1. The van der Waals surface area contributed by atoms with E-state index in [9.17, 15) is 39.0 Å². The van der Waals surface area contributed by atoms with Crippen molar-refractivity contribution in [3.05, 3.63) is 47.6 Å². The molecule has 0 spiro atoms. The summed E-state index contributed by atoms with van der Waals surface area (Å²) in [4.78, 5) is 72.9. The van der Waals surface area contributed by atoms with Crippen molar-refractivity contribution in [1.82, 2.24) is 9.80 Å². The summed E-state index contributed by atoms with van der Waals surface area (Å²) in [7, 11) is 0. The molecule has 2 atom stereocenters. The third-order valence-corrected chi connectivity index (χ3v) is 5.73. The average Bonchev–Trinajstić information content (AvgIpc) is 2.85. The number of allylic oxidation sites excluding steroid dienone is 8. The highest BCUT2D eigenvalue weighted by Gasteiger charge is 2.30. The molecule has 35 heavy (non-hydrogen) atoms. The summed E-state index contributed by atoms with van der Waals surface area (Å²) in [5.41, 5.74) is 0.911. The number of aldehydes is 1. The Kier molecular flexibility index (Phi) is 10.6. The number of hydrogen-bond donors (Lipinski definition) is 2. The zero-order chi connectivity index (χ0) is 26.0. The number of aliphatic hydroxyl groups excluding tert-OH is 2. The number of nitrogens with zero attached hydrogens (tertiary/aromatic N) is 2. The molecule has 0 aromatic heterocycles. The fourth-order valence-corrected chi connectivity index (χ4v) is 3.72. The summed E-state index contributed by atoms with van der Waals surface area (Å²) in [6.07, 6.45) is 5.52. The second-order valence-corrected chi connectivity index (χ2v) is 8.42. The molecule has 2 unspecified atom stereocenters. The van der Waals surface area contributed by atoms with Gasteiger partial charge in [-0.25, -0.2) is 0 Å². The van der Waals surface area contributed by atoms with Crippen LogP contribution in [0.1, 0.15) is 32.6 Å². The molecule has 2 amide bonds. The normalized spacial score (nSPS) is 18.5. The van der Waals surface area contributed by atoms with E-state index in [1.54, 1.807) is 6.92 Å². The number of hydrogen-bond acceptors (Lipinski definition) is 8. The fraction of sp³-hybridized carbons (Fsp3) is 0.440. The van der Waals surface area contributed by atoms with Crippen LogP contribution in [0.4, 0.5) is 0 Å². The molecule has 1 fully saturated rings. The van der Waals surface area contributed by atoms with Gasteiger partial charge in [-0.2, -0.15) is 0 Å². The summed E-state index contributed by atoms with van der Waals surface area (Å²) >= 11 is 0. The minimum atomic E-state index is -1.34. The maximum absolute atomic E-state index is 12.5. The number of carbonyl (C=O) groups is 6. The van der Waals surface area contributed by atoms with E-state index < -0.39 is 24.0 Å². The lowest BCUT2D eigenvalue weighted by Gasteiger charge is -2.36.